The highest BCUT2D eigenvalue weighted by molar-refractivity contribution is 7.13. The Morgan fingerprint density at radius 2 is 2.07 bits per heavy atom. The molecular weight excluding hydrogens is 422 g/mol. The Balaban J connectivity index is 1.80. The minimum Gasteiger partial charge on any atom is -0.478 e. The molecule has 4 nitrogen and oxygen atoms in total. The Kier molecular flexibility index (Phi) is 4.95. The van der Waals surface area contributed by atoms with E-state index in [0.717, 1.165) is 21.4 Å². The highest BCUT2D eigenvalue weighted by atomic mass is 35.5. The highest BCUT2D eigenvalue weighted by Gasteiger charge is 2.23. The van der Waals surface area contributed by atoms with Gasteiger partial charge < -0.3 is 14.9 Å². The van der Waals surface area contributed by atoms with E-state index < -0.39 is 11.9 Å². The third-order valence-corrected chi connectivity index (χ3v) is 6.25. The molecule has 0 spiro atoms. The molecule has 0 saturated carbocycles. The molecule has 2 N–H and O–H groups in total. The van der Waals surface area contributed by atoms with Crippen LogP contribution in [0.25, 0.3) is 21.4 Å². The lowest BCUT2D eigenvalue weighted by atomic mass is 10.1. The van der Waals surface area contributed by atoms with Crippen LogP contribution in [0.2, 0.25) is 10.0 Å². The quantitative estimate of drug-likeness (QED) is 0.348. The van der Waals surface area contributed by atoms with Gasteiger partial charge in [0.05, 0.1) is 10.4 Å². The topological polar surface area (TPSA) is 61.3 Å². The van der Waals surface area contributed by atoms with Crippen LogP contribution in [0.1, 0.15) is 24.2 Å². The fourth-order valence-electron chi connectivity index (χ4n) is 3.07. The summed E-state index contributed by atoms with van der Waals surface area (Å²) in [6.45, 7) is 3.74. The number of pyridine rings is 1. The van der Waals surface area contributed by atoms with Crippen molar-refractivity contribution in [2.45, 2.75) is 20.0 Å². The smallest absolute Gasteiger partial charge is 0.205 e. The first kappa shape index (κ1) is 19.1. The Labute approximate surface area is 174 Å². The number of benzene rings is 1. The average molecular weight is 437 g/mol. The van der Waals surface area contributed by atoms with Gasteiger partial charge in [0.1, 0.15) is 18.2 Å². The lowest BCUT2D eigenvalue weighted by Crippen LogP contribution is -2.08. The van der Waals surface area contributed by atoms with Crippen LogP contribution in [0.15, 0.2) is 40.5 Å². The van der Waals surface area contributed by atoms with Crippen LogP contribution in [-0.4, -0.2) is 4.98 Å². The number of nitrogen functional groups attached to an aromatic ring is 1. The number of hydrogen-bond acceptors (Lipinski definition) is 5. The van der Waals surface area contributed by atoms with Crippen molar-refractivity contribution in [3.8, 4) is 16.2 Å². The van der Waals surface area contributed by atoms with Gasteiger partial charge in [0, 0.05) is 27.2 Å². The van der Waals surface area contributed by atoms with Crippen molar-refractivity contribution in [2.24, 2.45) is 0 Å². The number of halogens is 3. The standard InChI is InChI=1S/C20H15Cl2FN2O2S/c1-9-5-6-28-19(9)12-8-26-17-11(12)7-25-20(24)18(17)27-10(2)15-13(21)3-4-14(23)16(15)22/h3-8,10H,1-2H3,(H2,24,25). The van der Waals surface area contributed by atoms with E-state index in [2.05, 4.69) is 4.98 Å². The molecule has 1 unspecified atom stereocenters. The first-order chi connectivity index (χ1) is 13.4. The van der Waals surface area contributed by atoms with Crippen molar-refractivity contribution in [1.82, 2.24) is 4.98 Å². The fourth-order valence-corrected chi connectivity index (χ4v) is 4.69. The van der Waals surface area contributed by atoms with Crippen LogP contribution < -0.4 is 10.5 Å². The molecule has 0 aliphatic carbocycles. The van der Waals surface area contributed by atoms with Gasteiger partial charge in [-0.1, -0.05) is 23.2 Å². The number of furan rings is 1. The van der Waals surface area contributed by atoms with Gasteiger partial charge in [0.25, 0.3) is 0 Å². The molecule has 1 atom stereocenters. The predicted molar refractivity (Wildman–Crippen MR) is 112 cm³/mol. The maximum atomic E-state index is 13.9. The third kappa shape index (κ3) is 3.11. The Bertz CT molecular complexity index is 1190. The molecule has 8 heteroatoms. The Morgan fingerprint density at radius 3 is 2.79 bits per heavy atom. The molecule has 3 heterocycles. The molecule has 4 rings (SSSR count). The van der Waals surface area contributed by atoms with E-state index in [-0.39, 0.29) is 16.6 Å². The van der Waals surface area contributed by atoms with Crippen molar-refractivity contribution in [3.05, 3.63) is 63.0 Å². The number of hydrogen-bond donors (Lipinski definition) is 1. The van der Waals surface area contributed by atoms with Crippen molar-refractivity contribution in [2.75, 3.05) is 5.73 Å². The number of thiophene rings is 1. The lowest BCUT2D eigenvalue weighted by Gasteiger charge is -2.18. The minimum atomic E-state index is -0.678. The molecule has 28 heavy (non-hydrogen) atoms. The number of rotatable bonds is 4. The van der Waals surface area contributed by atoms with Gasteiger partial charge in [-0.25, -0.2) is 9.37 Å². The molecule has 0 fully saturated rings. The minimum absolute atomic E-state index is 0.0898. The molecule has 0 aliphatic heterocycles. The first-order valence-electron chi connectivity index (χ1n) is 8.38. The van der Waals surface area contributed by atoms with E-state index in [1.807, 2.05) is 18.4 Å². The molecule has 0 saturated heterocycles. The normalized spacial score (nSPS) is 12.5. The largest absolute Gasteiger partial charge is 0.478 e. The summed E-state index contributed by atoms with van der Waals surface area (Å²) in [5, 5.41) is 3.00. The SMILES string of the molecule is Cc1ccsc1-c1coc2c(OC(C)c3c(Cl)ccc(F)c3Cl)c(N)ncc12. The van der Waals surface area contributed by atoms with E-state index in [1.54, 1.807) is 30.7 Å². The first-order valence-corrected chi connectivity index (χ1v) is 10.0. The number of nitrogens with two attached hydrogens (primary N) is 1. The number of anilines is 1. The maximum Gasteiger partial charge on any atom is 0.205 e. The van der Waals surface area contributed by atoms with Gasteiger partial charge in [0.15, 0.2) is 11.4 Å². The van der Waals surface area contributed by atoms with Crippen molar-refractivity contribution < 1.29 is 13.5 Å². The van der Waals surface area contributed by atoms with E-state index in [1.165, 1.54) is 12.1 Å². The molecule has 0 aliphatic rings. The second-order valence-corrected chi connectivity index (χ2v) is 8.02. The molecule has 0 bridgehead atoms. The molecule has 3 aromatic heterocycles. The van der Waals surface area contributed by atoms with Crippen LogP contribution >= 0.6 is 34.5 Å². The summed E-state index contributed by atoms with van der Waals surface area (Å²) in [5.74, 6) is -0.150. The number of ether oxygens (including phenoxy) is 1. The van der Waals surface area contributed by atoms with E-state index in [0.29, 0.717) is 16.2 Å². The van der Waals surface area contributed by atoms with Crippen molar-refractivity contribution in [1.29, 1.82) is 0 Å². The predicted octanol–water partition coefficient (Wildman–Crippen LogP) is 7.03. The third-order valence-electron chi connectivity index (χ3n) is 4.49. The average Bonchev–Trinajstić information content (AvgIpc) is 3.26. The van der Waals surface area contributed by atoms with Gasteiger partial charge in [-0.15, -0.1) is 11.3 Å². The summed E-state index contributed by atoms with van der Waals surface area (Å²) < 4.78 is 25.7. The molecule has 0 radical (unpaired) electrons. The lowest BCUT2D eigenvalue weighted by molar-refractivity contribution is 0.227. The number of aromatic nitrogens is 1. The Morgan fingerprint density at radius 1 is 1.29 bits per heavy atom. The molecule has 0 amide bonds. The van der Waals surface area contributed by atoms with Crippen LogP contribution in [0, 0.1) is 12.7 Å². The maximum absolute atomic E-state index is 13.9. The zero-order valence-corrected chi connectivity index (χ0v) is 17.3. The highest BCUT2D eigenvalue weighted by Crippen LogP contribution is 2.43. The van der Waals surface area contributed by atoms with Gasteiger partial charge in [-0.2, -0.15) is 0 Å². The second kappa shape index (κ2) is 7.28. The van der Waals surface area contributed by atoms with Gasteiger partial charge in [-0.05, 0) is 43.0 Å². The van der Waals surface area contributed by atoms with Crippen LogP contribution in [0.3, 0.4) is 0 Å². The zero-order valence-electron chi connectivity index (χ0n) is 14.9. The van der Waals surface area contributed by atoms with Gasteiger partial charge in [-0.3, -0.25) is 0 Å². The van der Waals surface area contributed by atoms with Crippen LogP contribution in [0.4, 0.5) is 10.2 Å². The molecule has 144 valence electrons. The monoisotopic (exact) mass is 436 g/mol. The molecular formula is C20H15Cl2FN2O2S. The zero-order chi connectivity index (χ0) is 20.0. The molecule has 4 aromatic rings. The summed E-state index contributed by atoms with van der Waals surface area (Å²) in [4.78, 5) is 5.33. The summed E-state index contributed by atoms with van der Waals surface area (Å²) in [6, 6.07) is 4.68. The van der Waals surface area contributed by atoms with E-state index in [9.17, 15) is 4.39 Å². The summed E-state index contributed by atoms with van der Waals surface area (Å²) in [7, 11) is 0. The number of fused-ring (bicyclic) bond motifs is 1. The van der Waals surface area contributed by atoms with Crippen molar-refractivity contribution in [3.63, 3.8) is 0 Å². The number of nitrogens with zero attached hydrogens (tertiary/aromatic N) is 1. The van der Waals surface area contributed by atoms with Gasteiger partial charge in [0.2, 0.25) is 5.75 Å². The fraction of sp³-hybridized carbons (Fsp3) is 0.150. The van der Waals surface area contributed by atoms with E-state index >= 15 is 0 Å². The van der Waals surface area contributed by atoms with Crippen LogP contribution in [0.5, 0.6) is 5.75 Å². The van der Waals surface area contributed by atoms with Crippen molar-refractivity contribution >= 4 is 51.3 Å². The Hall–Kier alpha value is -2.28. The summed E-state index contributed by atoms with van der Waals surface area (Å²) >= 11 is 13.9. The van der Waals surface area contributed by atoms with E-state index in [4.69, 9.17) is 38.1 Å². The van der Waals surface area contributed by atoms with Gasteiger partial charge >= 0.3 is 0 Å². The summed E-state index contributed by atoms with van der Waals surface area (Å²) in [6.07, 6.45) is 2.63. The van der Waals surface area contributed by atoms with Crippen LogP contribution in [-0.2, 0) is 0 Å². The molecule has 1 aromatic carbocycles. The summed E-state index contributed by atoms with van der Waals surface area (Å²) in [5.41, 5.74) is 8.89. The number of aryl methyl sites for hydroxylation is 1. The second-order valence-electron chi connectivity index (χ2n) is 6.31.